The summed E-state index contributed by atoms with van der Waals surface area (Å²) in [6.07, 6.45) is 2.58. The van der Waals surface area contributed by atoms with Gasteiger partial charge in [0.05, 0.1) is 6.42 Å². The van der Waals surface area contributed by atoms with Crippen molar-refractivity contribution in [2.24, 2.45) is 5.84 Å². The molecule has 0 aliphatic rings. The zero-order valence-electron chi connectivity index (χ0n) is 9.08. The third kappa shape index (κ3) is 6.82. The van der Waals surface area contributed by atoms with Crippen LogP contribution in [0.2, 0.25) is 0 Å². The van der Waals surface area contributed by atoms with E-state index in [-0.39, 0.29) is 5.97 Å². The molecule has 0 amide bonds. The summed E-state index contributed by atoms with van der Waals surface area (Å²) in [7, 11) is 0. The Bertz CT molecular complexity index is 147. The van der Waals surface area contributed by atoms with Crippen molar-refractivity contribution < 1.29 is 9.63 Å². The van der Waals surface area contributed by atoms with Gasteiger partial charge in [-0.2, -0.15) is 0 Å². The van der Waals surface area contributed by atoms with Crippen LogP contribution in [0.5, 0.6) is 0 Å². The Balaban J connectivity index is 3.63. The molecule has 0 saturated heterocycles. The lowest BCUT2D eigenvalue weighted by Gasteiger charge is -2.19. The summed E-state index contributed by atoms with van der Waals surface area (Å²) in [5.74, 6) is 4.53. The van der Waals surface area contributed by atoms with E-state index in [1.54, 1.807) is 0 Å². The summed E-state index contributed by atoms with van der Waals surface area (Å²) >= 11 is 0. The van der Waals surface area contributed by atoms with Crippen molar-refractivity contribution in [3.8, 4) is 0 Å². The molecule has 84 valence electrons. The number of nitrogens with one attached hydrogen (secondary N) is 1. The van der Waals surface area contributed by atoms with Crippen molar-refractivity contribution in [2.75, 3.05) is 19.6 Å². The van der Waals surface area contributed by atoms with Crippen molar-refractivity contribution in [2.45, 2.75) is 33.1 Å². The van der Waals surface area contributed by atoms with E-state index in [4.69, 9.17) is 5.84 Å². The van der Waals surface area contributed by atoms with E-state index in [9.17, 15) is 4.79 Å². The molecule has 0 heterocycles. The third-order valence-electron chi connectivity index (χ3n) is 1.88. The van der Waals surface area contributed by atoms with Crippen molar-refractivity contribution in [1.82, 2.24) is 10.5 Å². The molecule has 0 unspecified atom stereocenters. The number of nitrogens with two attached hydrogens (primary N) is 1. The number of hydrogen-bond acceptors (Lipinski definition) is 5. The normalized spacial score (nSPS) is 10.6. The molecule has 0 rings (SSSR count). The van der Waals surface area contributed by atoms with Gasteiger partial charge in [0.25, 0.3) is 0 Å². The maximum absolute atomic E-state index is 11.0. The van der Waals surface area contributed by atoms with Gasteiger partial charge >= 0.3 is 5.97 Å². The van der Waals surface area contributed by atoms with Crippen LogP contribution < -0.4 is 11.4 Å². The zero-order chi connectivity index (χ0) is 10.8. The van der Waals surface area contributed by atoms with Crippen molar-refractivity contribution >= 4 is 5.97 Å². The summed E-state index contributed by atoms with van der Waals surface area (Å²) in [6, 6.07) is 0. The molecule has 0 aromatic rings. The summed E-state index contributed by atoms with van der Waals surface area (Å²) < 4.78 is 0. The maximum atomic E-state index is 11.0. The highest BCUT2D eigenvalue weighted by Crippen LogP contribution is 1.96. The van der Waals surface area contributed by atoms with E-state index in [2.05, 4.69) is 23.6 Å². The van der Waals surface area contributed by atoms with Crippen LogP contribution in [0.4, 0.5) is 0 Å². The van der Waals surface area contributed by atoms with Gasteiger partial charge in [-0.1, -0.05) is 19.4 Å². The molecule has 0 spiro atoms. The van der Waals surface area contributed by atoms with Gasteiger partial charge in [0.15, 0.2) is 0 Å². The highest BCUT2D eigenvalue weighted by atomic mass is 16.7. The molecular formula is C9H21N3O2. The molecule has 14 heavy (non-hydrogen) atoms. The fourth-order valence-electron chi connectivity index (χ4n) is 1.33. The number of hydrogen-bond donors (Lipinski definition) is 2. The Hall–Kier alpha value is -0.650. The molecule has 0 radical (unpaired) electrons. The minimum Gasteiger partial charge on any atom is -0.356 e. The van der Waals surface area contributed by atoms with Crippen LogP contribution in [0.3, 0.4) is 0 Å². The SMILES string of the molecule is CCCN(CCC)CCC(=O)ONN. The van der Waals surface area contributed by atoms with Crippen LogP contribution in [0, 0.1) is 0 Å². The van der Waals surface area contributed by atoms with Gasteiger partial charge < -0.3 is 9.74 Å². The molecule has 5 nitrogen and oxygen atoms in total. The monoisotopic (exact) mass is 203 g/mol. The first-order valence-corrected chi connectivity index (χ1v) is 5.12. The molecule has 0 aromatic heterocycles. The van der Waals surface area contributed by atoms with Crippen LogP contribution in [0.25, 0.3) is 0 Å². The number of rotatable bonds is 8. The second kappa shape index (κ2) is 8.93. The van der Waals surface area contributed by atoms with Crippen molar-refractivity contribution in [3.63, 3.8) is 0 Å². The Morgan fingerprint density at radius 1 is 1.29 bits per heavy atom. The van der Waals surface area contributed by atoms with Gasteiger partial charge in [0.2, 0.25) is 0 Å². The second-order valence-corrected chi connectivity index (χ2v) is 3.18. The topological polar surface area (TPSA) is 67.6 Å². The molecule has 5 heteroatoms. The average molecular weight is 203 g/mol. The molecule has 0 bridgehead atoms. The van der Waals surface area contributed by atoms with Crippen LogP contribution in [-0.2, 0) is 9.63 Å². The highest BCUT2D eigenvalue weighted by Gasteiger charge is 2.07. The molecule has 3 N–H and O–H groups in total. The van der Waals surface area contributed by atoms with E-state index in [1.807, 2.05) is 5.59 Å². The molecule has 0 fully saturated rings. The summed E-state index contributed by atoms with van der Waals surface area (Å²) in [5, 5.41) is 0. The average Bonchev–Trinajstić information content (AvgIpc) is 2.15. The van der Waals surface area contributed by atoms with Crippen LogP contribution in [-0.4, -0.2) is 30.5 Å². The lowest BCUT2D eigenvalue weighted by atomic mass is 10.3. The van der Waals surface area contributed by atoms with Gasteiger partial charge in [0.1, 0.15) is 0 Å². The quantitative estimate of drug-likeness (QED) is 0.442. The van der Waals surface area contributed by atoms with Gasteiger partial charge in [-0.15, -0.1) is 0 Å². The van der Waals surface area contributed by atoms with E-state index >= 15 is 0 Å². The molecule has 0 aliphatic heterocycles. The Morgan fingerprint density at radius 3 is 2.29 bits per heavy atom. The van der Waals surface area contributed by atoms with Gasteiger partial charge in [-0.05, 0) is 25.9 Å². The minimum absolute atomic E-state index is 0.315. The smallest absolute Gasteiger partial charge is 0.327 e. The summed E-state index contributed by atoms with van der Waals surface area (Å²) in [6.45, 7) is 7.04. The maximum Gasteiger partial charge on any atom is 0.327 e. The number of nitrogens with zero attached hydrogens (tertiary/aromatic N) is 1. The molecular weight excluding hydrogens is 182 g/mol. The Labute approximate surface area is 85.5 Å². The predicted octanol–water partition coefficient (Wildman–Crippen LogP) is 0.420. The number of hydrazine groups is 1. The Kier molecular flexibility index (Phi) is 8.51. The molecule has 0 saturated carbocycles. The standard InChI is InChI=1S/C9H21N3O2/c1-3-6-12(7-4-2)8-5-9(13)14-11-10/h11H,3-8,10H2,1-2H3. The lowest BCUT2D eigenvalue weighted by molar-refractivity contribution is -0.151. The van der Waals surface area contributed by atoms with E-state index in [0.717, 1.165) is 32.5 Å². The van der Waals surface area contributed by atoms with Gasteiger partial charge in [0, 0.05) is 6.54 Å². The van der Waals surface area contributed by atoms with Gasteiger partial charge in [-0.3, -0.25) is 4.79 Å². The van der Waals surface area contributed by atoms with Crippen molar-refractivity contribution in [3.05, 3.63) is 0 Å². The summed E-state index contributed by atoms with van der Waals surface area (Å²) in [4.78, 5) is 17.6. The second-order valence-electron chi connectivity index (χ2n) is 3.18. The van der Waals surface area contributed by atoms with Crippen LogP contribution in [0.15, 0.2) is 0 Å². The van der Waals surface area contributed by atoms with Crippen LogP contribution in [0.1, 0.15) is 33.1 Å². The number of carbonyl (C=O) groups is 1. The molecule has 0 atom stereocenters. The predicted molar refractivity (Wildman–Crippen MR) is 55.1 cm³/mol. The van der Waals surface area contributed by atoms with E-state index in [0.29, 0.717) is 6.42 Å². The third-order valence-corrected chi connectivity index (χ3v) is 1.88. The highest BCUT2D eigenvalue weighted by molar-refractivity contribution is 5.69. The number of carbonyl (C=O) groups excluding carboxylic acids is 1. The van der Waals surface area contributed by atoms with Gasteiger partial charge in [-0.25, -0.2) is 5.84 Å². The minimum atomic E-state index is -0.315. The zero-order valence-corrected chi connectivity index (χ0v) is 9.08. The molecule has 0 aromatic carbocycles. The lowest BCUT2D eigenvalue weighted by Crippen LogP contribution is -2.31. The fraction of sp³-hybridized carbons (Fsp3) is 0.889. The fourth-order valence-corrected chi connectivity index (χ4v) is 1.33. The first-order chi connectivity index (χ1) is 6.74. The Morgan fingerprint density at radius 2 is 1.86 bits per heavy atom. The first-order valence-electron chi connectivity index (χ1n) is 5.12. The first kappa shape index (κ1) is 13.4. The largest absolute Gasteiger partial charge is 0.356 e. The van der Waals surface area contributed by atoms with E-state index in [1.165, 1.54) is 0 Å². The van der Waals surface area contributed by atoms with Crippen molar-refractivity contribution in [1.29, 1.82) is 0 Å². The molecule has 0 aliphatic carbocycles. The van der Waals surface area contributed by atoms with E-state index < -0.39 is 0 Å². The van der Waals surface area contributed by atoms with Crippen LogP contribution >= 0.6 is 0 Å². The summed E-state index contributed by atoms with van der Waals surface area (Å²) in [5.41, 5.74) is 1.89.